The van der Waals surface area contributed by atoms with Crippen LogP contribution in [-0.2, 0) is 0 Å². The predicted molar refractivity (Wildman–Crippen MR) is 70.5 cm³/mol. The topological polar surface area (TPSA) is 105 Å². The van der Waals surface area contributed by atoms with E-state index in [-0.39, 0.29) is 30.3 Å². The molecule has 3 N–H and O–H groups in total. The van der Waals surface area contributed by atoms with Gasteiger partial charge in [-0.25, -0.2) is 0 Å². The first-order valence-corrected chi connectivity index (χ1v) is 5.87. The highest BCUT2D eigenvalue weighted by molar-refractivity contribution is 5.69. The maximum absolute atomic E-state index is 11.1. The molecule has 1 rings (SSSR count). The smallest absolute Gasteiger partial charge is 0.333 e. The molecule has 0 amide bonds. The minimum absolute atomic E-state index is 0.149. The van der Waals surface area contributed by atoms with Gasteiger partial charge in [-0.2, -0.15) is 0 Å². The highest BCUT2D eigenvalue weighted by Gasteiger charge is 2.28. The number of para-hydroxylation sites is 1. The van der Waals surface area contributed by atoms with Crippen LogP contribution < -0.4 is 10.1 Å². The van der Waals surface area contributed by atoms with Crippen LogP contribution in [-0.4, -0.2) is 40.5 Å². The molecular weight excluding hydrogens is 252 g/mol. The van der Waals surface area contributed by atoms with Crippen molar-refractivity contribution in [1.82, 2.24) is 0 Å². The second kappa shape index (κ2) is 6.35. The van der Waals surface area contributed by atoms with E-state index >= 15 is 0 Å². The Balaban J connectivity index is 3.20. The number of nitrogens with one attached hydrogen (secondary N) is 1. The Kier molecular flexibility index (Phi) is 5.08. The number of nitrogens with zero attached hydrogens (tertiary/aromatic N) is 1. The molecule has 19 heavy (non-hydrogen) atoms. The Bertz CT molecular complexity index is 446. The fourth-order valence-electron chi connectivity index (χ4n) is 1.54. The Labute approximate surface area is 111 Å². The molecule has 0 aliphatic heterocycles. The molecule has 0 saturated carbocycles. The summed E-state index contributed by atoms with van der Waals surface area (Å²) in [5.74, 6) is 0.149. The molecule has 0 atom stereocenters. The highest BCUT2D eigenvalue weighted by Crippen LogP contribution is 2.36. The van der Waals surface area contributed by atoms with Crippen molar-refractivity contribution in [2.75, 3.05) is 25.1 Å². The largest absolute Gasteiger partial charge is 0.487 e. The zero-order valence-electron chi connectivity index (χ0n) is 10.9. The van der Waals surface area contributed by atoms with Crippen LogP contribution in [0.4, 0.5) is 11.4 Å². The van der Waals surface area contributed by atoms with Crippen LogP contribution in [0.2, 0.25) is 0 Å². The van der Waals surface area contributed by atoms with Gasteiger partial charge in [0, 0.05) is 0 Å². The number of rotatable bonds is 7. The molecule has 7 nitrogen and oxygen atoms in total. The lowest BCUT2D eigenvalue weighted by atomic mass is 10.0. The number of anilines is 1. The van der Waals surface area contributed by atoms with Crippen molar-refractivity contribution >= 4 is 11.4 Å². The summed E-state index contributed by atoms with van der Waals surface area (Å²) >= 11 is 0. The first kappa shape index (κ1) is 15.2. The monoisotopic (exact) mass is 270 g/mol. The molecule has 0 aliphatic rings. The van der Waals surface area contributed by atoms with Gasteiger partial charge in [0.2, 0.25) is 0 Å². The van der Waals surface area contributed by atoms with Crippen molar-refractivity contribution in [3.8, 4) is 5.75 Å². The normalized spacial score (nSPS) is 11.2. The summed E-state index contributed by atoms with van der Waals surface area (Å²) in [5.41, 5.74) is -1.06. The van der Waals surface area contributed by atoms with Crippen LogP contribution in [0.5, 0.6) is 5.75 Å². The number of hydrogen-bond donors (Lipinski definition) is 3. The van der Waals surface area contributed by atoms with E-state index in [9.17, 15) is 20.3 Å². The summed E-state index contributed by atoms with van der Waals surface area (Å²) in [5, 5.41) is 32.4. The van der Waals surface area contributed by atoms with Gasteiger partial charge in [-0.05, 0) is 26.0 Å². The van der Waals surface area contributed by atoms with Gasteiger partial charge in [-0.1, -0.05) is 6.07 Å². The maximum atomic E-state index is 11.1. The van der Waals surface area contributed by atoms with Crippen molar-refractivity contribution in [1.29, 1.82) is 0 Å². The molecule has 0 heterocycles. The molecule has 0 fully saturated rings. The molecule has 0 aliphatic carbocycles. The second-order valence-electron chi connectivity index (χ2n) is 4.34. The van der Waals surface area contributed by atoms with Crippen LogP contribution >= 0.6 is 0 Å². The minimum atomic E-state index is -1.05. The number of hydrogen-bond acceptors (Lipinski definition) is 6. The fourth-order valence-corrected chi connectivity index (χ4v) is 1.54. The van der Waals surface area contributed by atoms with Gasteiger partial charge in [-0.3, -0.25) is 10.1 Å². The molecule has 0 unspecified atom stereocenters. The van der Waals surface area contributed by atoms with E-state index in [1.54, 1.807) is 19.9 Å². The number of ether oxygens (including phenoxy) is 1. The zero-order valence-corrected chi connectivity index (χ0v) is 10.9. The molecule has 1 aromatic carbocycles. The summed E-state index contributed by atoms with van der Waals surface area (Å²) in [6.07, 6.45) is 0. The maximum Gasteiger partial charge on any atom is 0.333 e. The molecule has 106 valence electrons. The van der Waals surface area contributed by atoms with Gasteiger partial charge in [0.05, 0.1) is 30.3 Å². The summed E-state index contributed by atoms with van der Waals surface area (Å²) in [6.45, 7) is 2.88. The summed E-state index contributed by atoms with van der Waals surface area (Å²) in [4.78, 5) is 10.6. The van der Waals surface area contributed by atoms with E-state index in [1.165, 1.54) is 12.1 Å². The molecule has 7 heteroatoms. The summed E-state index contributed by atoms with van der Waals surface area (Å²) < 4.78 is 5.21. The predicted octanol–water partition coefficient (Wildman–Crippen LogP) is 1.15. The number of benzene rings is 1. The summed E-state index contributed by atoms with van der Waals surface area (Å²) in [7, 11) is 0. The number of nitro groups is 1. The van der Waals surface area contributed by atoms with Crippen molar-refractivity contribution in [3.63, 3.8) is 0 Å². The van der Waals surface area contributed by atoms with Crippen LogP contribution in [0, 0.1) is 10.1 Å². The van der Waals surface area contributed by atoms with Gasteiger partial charge in [0.1, 0.15) is 5.69 Å². The standard InChI is InChI=1S/C12H18N2O5/c1-3-19-10-6-4-5-9(11(10)14(17)18)13-12(2,7-15)8-16/h4-6,13,15-16H,3,7-8H2,1-2H3. The molecule has 1 aromatic rings. The molecular formula is C12H18N2O5. The lowest BCUT2D eigenvalue weighted by Gasteiger charge is -2.27. The van der Waals surface area contributed by atoms with Gasteiger partial charge in [0.25, 0.3) is 0 Å². The minimum Gasteiger partial charge on any atom is -0.487 e. The average molecular weight is 270 g/mol. The third kappa shape index (κ3) is 3.55. The van der Waals surface area contributed by atoms with E-state index in [0.717, 1.165) is 0 Å². The molecule has 0 bridgehead atoms. The van der Waals surface area contributed by atoms with Gasteiger partial charge < -0.3 is 20.3 Å². The molecule has 0 aromatic heterocycles. The van der Waals surface area contributed by atoms with Gasteiger partial charge >= 0.3 is 5.69 Å². The molecule has 0 radical (unpaired) electrons. The van der Waals surface area contributed by atoms with Gasteiger partial charge in [-0.15, -0.1) is 0 Å². The summed E-state index contributed by atoms with van der Waals surface area (Å²) in [6, 6.07) is 4.61. The van der Waals surface area contributed by atoms with Crippen LogP contribution in [0.15, 0.2) is 18.2 Å². The van der Waals surface area contributed by atoms with E-state index in [1.807, 2.05) is 0 Å². The van der Waals surface area contributed by atoms with Crippen LogP contribution in [0.25, 0.3) is 0 Å². The molecule has 0 spiro atoms. The third-order valence-corrected chi connectivity index (χ3v) is 2.62. The number of aliphatic hydroxyl groups is 2. The van der Waals surface area contributed by atoms with Crippen LogP contribution in [0.1, 0.15) is 13.8 Å². The quantitative estimate of drug-likeness (QED) is 0.507. The zero-order chi connectivity index (χ0) is 14.5. The Morgan fingerprint density at radius 3 is 2.53 bits per heavy atom. The lowest BCUT2D eigenvalue weighted by Crippen LogP contribution is -2.42. The van der Waals surface area contributed by atoms with Gasteiger partial charge in [0.15, 0.2) is 5.75 Å². The van der Waals surface area contributed by atoms with Crippen molar-refractivity contribution in [2.24, 2.45) is 0 Å². The second-order valence-corrected chi connectivity index (χ2v) is 4.34. The third-order valence-electron chi connectivity index (χ3n) is 2.62. The fraction of sp³-hybridized carbons (Fsp3) is 0.500. The Morgan fingerprint density at radius 1 is 1.42 bits per heavy atom. The first-order valence-electron chi connectivity index (χ1n) is 5.87. The Hall–Kier alpha value is -1.86. The van der Waals surface area contributed by atoms with E-state index in [4.69, 9.17) is 4.74 Å². The van der Waals surface area contributed by atoms with Crippen molar-refractivity contribution in [2.45, 2.75) is 19.4 Å². The van der Waals surface area contributed by atoms with E-state index in [2.05, 4.69) is 5.32 Å². The number of aliphatic hydroxyl groups excluding tert-OH is 2. The lowest BCUT2D eigenvalue weighted by molar-refractivity contribution is -0.385. The van der Waals surface area contributed by atoms with E-state index < -0.39 is 10.5 Å². The van der Waals surface area contributed by atoms with Crippen molar-refractivity contribution < 1.29 is 19.9 Å². The van der Waals surface area contributed by atoms with Crippen LogP contribution in [0.3, 0.4) is 0 Å². The Morgan fingerprint density at radius 2 is 2.05 bits per heavy atom. The average Bonchev–Trinajstić information content (AvgIpc) is 2.39. The number of nitro benzene ring substituents is 1. The van der Waals surface area contributed by atoms with Crippen molar-refractivity contribution in [3.05, 3.63) is 28.3 Å². The van der Waals surface area contributed by atoms with E-state index in [0.29, 0.717) is 6.61 Å². The molecule has 0 saturated heterocycles. The SMILES string of the molecule is CCOc1cccc(NC(C)(CO)CO)c1[N+](=O)[O-]. The first-order chi connectivity index (χ1) is 8.97. The highest BCUT2D eigenvalue weighted by atomic mass is 16.6.